The smallest absolute Gasteiger partial charge is 0.324 e. The van der Waals surface area contributed by atoms with Gasteiger partial charge >= 0.3 is 12.0 Å². The average Bonchev–Trinajstić information content (AvgIpc) is 3.42. The first-order valence-electron chi connectivity index (χ1n) is 11.2. The topological polar surface area (TPSA) is 155 Å². The SMILES string of the molecule is CCCCN1C(=O)C2C(c3cc4ccccc4o3)NC(CCCNC(N)=O)(C(=O)O)C2C1=O. The molecule has 4 atom stereocenters. The van der Waals surface area contributed by atoms with Crippen molar-refractivity contribution < 1.29 is 28.7 Å². The van der Waals surface area contributed by atoms with Gasteiger partial charge in [-0.3, -0.25) is 24.6 Å². The molecule has 5 N–H and O–H groups in total. The molecule has 2 fully saturated rings. The number of hydrogen-bond acceptors (Lipinski definition) is 6. The van der Waals surface area contributed by atoms with E-state index in [2.05, 4.69) is 10.6 Å². The van der Waals surface area contributed by atoms with Gasteiger partial charge in [-0.05, 0) is 31.4 Å². The van der Waals surface area contributed by atoms with Crippen LogP contribution in [-0.4, -0.2) is 52.4 Å². The number of carbonyl (C=O) groups excluding carboxylic acids is 3. The summed E-state index contributed by atoms with van der Waals surface area (Å²) < 4.78 is 5.98. The molecule has 3 heterocycles. The number of nitrogens with two attached hydrogens (primary N) is 1. The van der Waals surface area contributed by atoms with Crippen LogP contribution in [0.5, 0.6) is 0 Å². The summed E-state index contributed by atoms with van der Waals surface area (Å²) in [5.74, 6) is -3.62. The first-order valence-corrected chi connectivity index (χ1v) is 11.2. The van der Waals surface area contributed by atoms with E-state index >= 15 is 0 Å². The molecule has 4 unspecified atom stereocenters. The zero-order valence-electron chi connectivity index (χ0n) is 18.4. The first kappa shape index (κ1) is 22.8. The van der Waals surface area contributed by atoms with Crippen molar-refractivity contribution in [3.63, 3.8) is 0 Å². The van der Waals surface area contributed by atoms with E-state index in [1.54, 1.807) is 12.1 Å². The van der Waals surface area contributed by atoms with Crippen LogP contribution < -0.4 is 16.4 Å². The summed E-state index contributed by atoms with van der Waals surface area (Å²) >= 11 is 0. The van der Waals surface area contributed by atoms with Gasteiger partial charge in [-0.15, -0.1) is 0 Å². The van der Waals surface area contributed by atoms with Crippen molar-refractivity contribution in [3.8, 4) is 0 Å². The molecule has 1 aromatic carbocycles. The summed E-state index contributed by atoms with van der Waals surface area (Å²) in [5, 5.41) is 16.7. The number of imide groups is 1. The molecule has 4 amide bonds. The van der Waals surface area contributed by atoms with Gasteiger partial charge in [0.2, 0.25) is 11.8 Å². The summed E-state index contributed by atoms with van der Waals surface area (Å²) in [6.07, 6.45) is 1.72. The number of carboxylic acid groups (broad SMARTS) is 1. The van der Waals surface area contributed by atoms with Crippen molar-refractivity contribution in [1.29, 1.82) is 0 Å². The van der Waals surface area contributed by atoms with Gasteiger partial charge in [0.25, 0.3) is 0 Å². The lowest BCUT2D eigenvalue weighted by Gasteiger charge is -2.31. The number of furan rings is 1. The lowest BCUT2D eigenvalue weighted by atomic mass is 9.77. The number of hydrogen-bond donors (Lipinski definition) is 4. The maximum Gasteiger partial charge on any atom is 0.324 e. The Labute approximate surface area is 190 Å². The summed E-state index contributed by atoms with van der Waals surface area (Å²) in [5.41, 5.74) is 4.04. The highest BCUT2D eigenvalue weighted by Crippen LogP contribution is 2.51. The van der Waals surface area contributed by atoms with E-state index in [-0.39, 0.29) is 31.8 Å². The second-order valence-corrected chi connectivity index (χ2v) is 8.66. The fourth-order valence-electron chi connectivity index (χ4n) is 5.11. The lowest BCUT2D eigenvalue weighted by molar-refractivity contribution is -0.151. The highest BCUT2D eigenvalue weighted by Gasteiger charge is 2.68. The van der Waals surface area contributed by atoms with Crippen molar-refractivity contribution in [2.24, 2.45) is 17.6 Å². The fraction of sp³-hybridized carbons (Fsp3) is 0.478. The number of likely N-dealkylation sites (tertiary alicyclic amines) is 1. The number of nitrogens with zero attached hydrogens (tertiary/aromatic N) is 1. The second kappa shape index (κ2) is 8.86. The summed E-state index contributed by atoms with van der Waals surface area (Å²) in [4.78, 5) is 51.6. The molecule has 2 saturated heterocycles. The van der Waals surface area contributed by atoms with E-state index in [0.717, 1.165) is 11.8 Å². The third-order valence-corrected chi connectivity index (χ3v) is 6.66. The van der Waals surface area contributed by atoms with Crippen molar-refractivity contribution in [2.75, 3.05) is 13.1 Å². The van der Waals surface area contributed by atoms with Gasteiger partial charge < -0.3 is 20.6 Å². The maximum atomic E-state index is 13.4. The van der Waals surface area contributed by atoms with Crippen molar-refractivity contribution in [2.45, 2.75) is 44.2 Å². The van der Waals surface area contributed by atoms with E-state index in [0.29, 0.717) is 17.8 Å². The Morgan fingerprint density at radius 3 is 2.67 bits per heavy atom. The number of nitrogens with one attached hydrogen (secondary N) is 2. The van der Waals surface area contributed by atoms with Crippen LogP contribution in [-0.2, 0) is 14.4 Å². The van der Waals surface area contributed by atoms with E-state index in [1.165, 1.54) is 4.90 Å². The second-order valence-electron chi connectivity index (χ2n) is 8.66. The highest BCUT2D eigenvalue weighted by molar-refractivity contribution is 6.09. The van der Waals surface area contributed by atoms with E-state index in [1.807, 2.05) is 25.1 Å². The predicted molar refractivity (Wildman–Crippen MR) is 118 cm³/mol. The zero-order valence-corrected chi connectivity index (χ0v) is 18.4. The molecule has 0 radical (unpaired) electrons. The molecule has 176 valence electrons. The van der Waals surface area contributed by atoms with E-state index in [9.17, 15) is 24.3 Å². The number of fused-ring (bicyclic) bond motifs is 2. The minimum atomic E-state index is -1.68. The number of unbranched alkanes of at least 4 members (excludes halogenated alkanes) is 1. The molecular weight excluding hydrogens is 428 g/mol. The number of carboxylic acids is 1. The van der Waals surface area contributed by atoms with Crippen LogP contribution in [0.15, 0.2) is 34.7 Å². The normalized spacial score (nSPS) is 26.7. The molecule has 2 aliphatic heterocycles. The highest BCUT2D eigenvalue weighted by atomic mass is 16.4. The molecule has 2 aromatic rings. The molecule has 33 heavy (non-hydrogen) atoms. The third kappa shape index (κ3) is 3.84. The number of primary amides is 1. The van der Waals surface area contributed by atoms with E-state index < -0.39 is 41.3 Å². The van der Waals surface area contributed by atoms with Crippen LogP contribution in [0.1, 0.15) is 44.4 Å². The molecule has 4 rings (SSSR count). The number of carbonyl (C=O) groups is 4. The van der Waals surface area contributed by atoms with Gasteiger partial charge in [-0.2, -0.15) is 0 Å². The number of aliphatic carboxylic acids is 1. The van der Waals surface area contributed by atoms with Gasteiger partial charge in [0, 0.05) is 18.5 Å². The van der Waals surface area contributed by atoms with Crippen LogP contribution in [0.2, 0.25) is 0 Å². The Kier molecular flexibility index (Phi) is 6.11. The Bertz CT molecular complexity index is 1060. The van der Waals surface area contributed by atoms with Crippen LogP contribution in [0, 0.1) is 11.8 Å². The molecule has 1 aromatic heterocycles. The van der Waals surface area contributed by atoms with Crippen LogP contribution in [0.4, 0.5) is 4.79 Å². The molecule has 2 aliphatic rings. The number of amides is 4. The summed E-state index contributed by atoms with van der Waals surface area (Å²) in [7, 11) is 0. The lowest BCUT2D eigenvalue weighted by Crippen LogP contribution is -2.56. The van der Waals surface area contributed by atoms with Crippen molar-refractivity contribution in [3.05, 3.63) is 36.1 Å². The standard InChI is InChI=1S/C23H28N4O6/c1-2-3-11-27-19(28)16-17(20(27)29)23(21(30)31,9-6-10-25-22(24)32)26-18(16)15-12-13-7-4-5-8-14(13)33-15/h4-5,7-8,12,16-18,26H,2-3,6,9-11H2,1H3,(H,30,31)(H3,24,25,32). The Morgan fingerprint density at radius 2 is 2.00 bits per heavy atom. The fourth-order valence-corrected chi connectivity index (χ4v) is 5.11. The molecule has 0 saturated carbocycles. The molecule has 0 bridgehead atoms. The third-order valence-electron chi connectivity index (χ3n) is 6.66. The average molecular weight is 456 g/mol. The quantitative estimate of drug-likeness (QED) is 0.331. The molecule has 10 nitrogen and oxygen atoms in total. The summed E-state index contributed by atoms with van der Waals surface area (Å²) in [6.45, 7) is 2.37. The monoisotopic (exact) mass is 456 g/mol. The predicted octanol–water partition coefficient (Wildman–Crippen LogP) is 1.75. The number of urea groups is 1. The number of para-hydroxylation sites is 1. The number of rotatable bonds is 9. The van der Waals surface area contributed by atoms with Gasteiger partial charge in [0.05, 0.1) is 17.9 Å². The first-order chi connectivity index (χ1) is 15.8. The molecule has 0 spiro atoms. The molecule has 0 aliphatic carbocycles. The minimum Gasteiger partial charge on any atom is -0.480 e. The number of benzene rings is 1. The van der Waals surface area contributed by atoms with Crippen LogP contribution in [0.25, 0.3) is 11.0 Å². The minimum absolute atomic E-state index is 0.0289. The Balaban J connectivity index is 1.73. The zero-order chi connectivity index (χ0) is 23.8. The molecule has 10 heteroatoms. The van der Waals surface area contributed by atoms with E-state index in [4.69, 9.17) is 10.2 Å². The summed E-state index contributed by atoms with van der Waals surface area (Å²) in [6, 6.07) is 7.63. The van der Waals surface area contributed by atoms with Crippen LogP contribution >= 0.6 is 0 Å². The van der Waals surface area contributed by atoms with Crippen molar-refractivity contribution in [1.82, 2.24) is 15.5 Å². The Hall–Kier alpha value is -3.40. The van der Waals surface area contributed by atoms with Gasteiger partial charge in [-0.25, -0.2) is 4.79 Å². The van der Waals surface area contributed by atoms with Gasteiger partial charge in [-0.1, -0.05) is 31.5 Å². The Morgan fingerprint density at radius 1 is 1.24 bits per heavy atom. The van der Waals surface area contributed by atoms with Crippen LogP contribution in [0.3, 0.4) is 0 Å². The van der Waals surface area contributed by atoms with Gasteiger partial charge in [0.15, 0.2) is 0 Å². The van der Waals surface area contributed by atoms with Gasteiger partial charge in [0.1, 0.15) is 16.9 Å². The molecular formula is C23H28N4O6. The largest absolute Gasteiger partial charge is 0.480 e. The maximum absolute atomic E-state index is 13.4. The van der Waals surface area contributed by atoms with Crippen molar-refractivity contribution >= 4 is 34.8 Å².